The molecule has 4 nitrogen and oxygen atoms in total. The molecule has 0 aliphatic heterocycles. The standard InChI is InChI=1S/C16H25NO3/c1-3-19-16(18)10-5-4-6-11-20-15-9-7-8-14(12-15)13(2)17/h7-9,12-13H,3-6,10-11,17H2,1-2H3. The molecular formula is C16H25NO3. The molecule has 0 aromatic heterocycles. The second kappa shape index (κ2) is 9.37. The average Bonchev–Trinajstić information content (AvgIpc) is 2.43. The highest BCUT2D eigenvalue weighted by atomic mass is 16.5. The lowest BCUT2D eigenvalue weighted by atomic mass is 10.1. The Morgan fingerprint density at radius 3 is 2.80 bits per heavy atom. The molecule has 4 heteroatoms. The van der Waals surface area contributed by atoms with Crippen molar-refractivity contribution in [1.82, 2.24) is 0 Å². The third kappa shape index (κ3) is 6.57. The van der Waals surface area contributed by atoms with Crippen molar-refractivity contribution in [3.05, 3.63) is 29.8 Å². The van der Waals surface area contributed by atoms with Crippen molar-refractivity contribution >= 4 is 5.97 Å². The van der Waals surface area contributed by atoms with E-state index in [1.54, 1.807) is 0 Å². The zero-order chi connectivity index (χ0) is 14.8. The second-order valence-electron chi connectivity index (χ2n) is 4.83. The molecule has 0 saturated carbocycles. The van der Waals surface area contributed by atoms with Crippen molar-refractivity contribution < 1.29 is 14.3 Å². The van der Waals surface area contributed by atoms with Crippen LogP contribution in [0.25, 0.3) is 0 Å². The lowest BCUT2D eigenvalue weighted by molar-refractivity contribution is -0.143. The first-order valence-electron chi connectivity index (χ1n) is 7.27. The van der Waals surface area contributed by atoms with E-state index in [4.69, 9.17) is 15.2 Å². The summed E-state index contributed by atoms with van der Waals surface area (Å²) >= 11 is 0. The summed E-state index contributed by atoms with van der Waals surface area (Å²) in [5, 5.41) is 0. The van der Waals surface area contributed by atoms with E-state index in [9.17, 15) is 4.79 Å². The molecule has 1 unspecified atom stereocenters. The molecule has 0 aliphatic carbocycles. The highest BCUT2D eigenvalue weighted by molar-refractivity contribution is 5.69. The van der Waals surface area contributed by atoms with Crippen LogP contribution in [0.3, 0.4) is 0 Å². The van der Waals surface area contributed by atoms with Crippen molar-refractivity contribution in [1.29, 1.82) is 0 Å². The molecule has 0 saturated heterocycles. The third-order valence-electron chi connectivity index (χ3n) is 2.98. The normalized spacial score (nSPS) is 11.9. The fourth-order valence-electron chi connectivity index (χ4n) is 1.86. The van der Waals surface area contributed by atoms with Crippen molar-refractivity contribution in [3.63, 3.8) is 0 Å². The van der Waals surface area contributed by atoms with Gasteiger partial charge < -0.3 is 15.2 Å². The van der Waals surface area contributed by atoms with E-state index in [0.717, 1.165) is 30.6 Å². The van der Waals surface area contributed by atoms with Gasteiger partial charge in [-0.1, -0.05) is 12.1 Å². The van der Waals surface area contributed by atoms with Crippen LogP contribution in [0.15, 0.2) is 24.3 Å². The van der Waals surface area contributed by atoms with Crippen LogP contribution in [0, 0.1) is 0 Å². The van der Waals surface area contributed by atoms with Crippen LogP contribution in [-0.4, -0.2) is 19.2 Å². The number of hydrogen-bond donors (Lipinski definition) is 1. The van der Waals surface area contributed by atoms with Crippen LogP contribution < -0.4 is 10.5 Å². The van der Waals surface area contributed by atoms with Crippen LogP contribution in [0.4, 0.5) is 0 Å². The van der Waals surface area contributed by atoms with Gasteiger partial charge in [-0.3, -0.25) is 4.79 Å². The molecule has 0 spiro atoms. The summed E-state index contributed by atoms with van der Waals surface area (Å²) < 4.78 is 10.6. The average molecular weight is 279 g/mol. The van der Waals surface area contributed by atoms with E-state index >= 15 is 0 Å². The molecule has 2 N–H and O–H groups in total. The van der Waals surface area contributed by atoms with Crippen LogP contribution in [0.2, 0.25) is 0 Å². The summed E-state index contributed by atoms with van der Waals surface area (Å²) in [5.74, 6) is 0.739. The summed E-state index contributed by atoms with van der Waals surface area (Å²) in [4.78, 5) is 11.1. The molecule has 0 bridgehead atoms. The first-order valence-corrected chi connectivity index (χ1v) is 7.27. The zero-order valence-corrected chi connectivity index (χ0v) is 12.4. The number of benzene rings is 1. The van der Waals surface area contributed by atoms with Gasteiger partial charge in [0.1, 0.15) is 5.75 Å². The SMILES string of the molecule is CCOC(=O)CCCCCOc1cccc(C(C)N)c1. The van der Waals surface area contributed by atoms with Crippen LogP contribution in [0.1, 0.15) is 51.1 Å². The van der Waals surface area contributed by atoms with Crippen LogP contribution in [-0.2, 0) is 9.53 Å². The number of carbonyl (C=O) groups is 1. The van der Waals surface area contributed by atoms with Crippen molar-refractivity contribution in [2.75, 3.05) is 13.2 Å². The maximum absolute atomic E-state index is 11.1. The van der Waals surface area contributed by atoms with Crippen molar-refractivity contribution in [2.45, 2.75) is 45.6 Å². The molecule has 112 valence electrons. The lowest BCUT2D eigenvalue weighted by Gasteiger charge is -2.10. The Kier molecular flexibility index (Phi) is 7.73. The Morgan fingerprint density at radius 2 is 2.10 bits per heavy atom. The van der Waals surface area contributed by atoms with Gasteiger partial charge in [0.2, 0.25) is 0 Å². The number of ether oxygens (including phenoxy) is 2. The van der Waals surface area contributed by atoms with Gasteiger partial charge in [0.05, 0.1) is 13.2 Å². The highest BCUT2D eigenvalue weighted by Gasteiger charge is 2.02. The first-order chi connectivity index (χ1) is 9.63. The Hall–Kier alpha value is -1.55. The summed E-state index contributed by atoms with van der Waals surface area (Å²) in [6.45, 7) is 4.89. The number of esters is 1. The molecule has 0 amide bonds. The summed E-state index contributed by atoms with van der Waals surface area (Å²) in [6.07, 6.45) is 3.24. The van der Waals surface area contributed by atoms with E-state index in [2.05, 4.69) is 0 Å². The van der Waals surface area contributed by atoms with Crippen LogP contribution >= 0.6 is 0 Å². The van der Waals surface area contributed by atoms with Gasteiger partial charge in [-0.15, -0.1) is 0 Å². The van der Waals surface area contributed by atoms with Crippen molar-refractivity contribution in [3.8, 4) is 5.75 Å². The van der Waals surface area contributed by atoms with Gasteiger partial charge in [-0.05, 0) is 50.8 Å². The quantitative estimate of drug-likeness (QED) is 0.557. The van der Waals surface area contributed by atoms with Gasteiger partial charge in [0, 0.05) is 12.5 Å². The predicted octanol–water partition coefficient (Wildman–Crippen LogP) is 3.21. The molecule has 0 fully saturated rings. The topological polar surface area (TPSA) is 61.5 Å². The molecule has 20 heavy (non-hydrogen) atoms. The Morgan fingerprint density at radius 1 is 1.30 bits per heavy atom. The number of rotatable bonds is 9. The molecule has 1 aromatic carbocycles. The maximum Gasteiger partial charge on any atom is 0.305 e. The van der Waals surface area contributed by atoms with E-state index in [-0.39, 0.29) is 12.0 Å². The largest absolute Gasteiger partial charge is 0.494 e. The number of unbranched alkanes of at least 4 members (excludes halogenated alkanes) is 2. The molecule has 1 aromatic rings. The van der Waals surface area contributed by atoms with Gasteiger partial charge in [-0.2, -0.15) is 0 Å². The summed E-state index contributed by atoms with van der Waals surface area (Å²) in [5.41, 5.74) is 6.90. The smallest absolute Gasteiger partial charge is 0.305 e. The molecule has 0 aliphatic rings. The minimum absolute atomic E-state index is 0.0168. The van der Waals surface area contributed by atoms with E-state index < -0.39 is 0 Å². The monoisotopic (exact) mass is 279 g/mol. The number of nitrogens with two attached hydrogens (primary N) is 1. The van der Waals surface area contributed by atoms with Gasteiger partial charge >= 0.3 is 5.97 Å². The molecule has 0 radical (unpaired) electrons. The number of carbonyl (C=O) groups excluding carboxylic acids is 1. The Bertz CT molecular complexity index is 404. The van der Waals surface area contributed by atoms with Gasteiger partial charge in [0.15, 0.2) is 0 Å². The Labute approximate surface area is 121 Å². The van der Waals surface area contributed by atoms with Crippen LogP contribution in [0.5, 0.6) is 5.75 Å². The minimum Gasteiger partial charge on any atom is -0.494 e. The van der Waals surface area contributed by atoms with Gasteiger partial charge in [0.25, 0.3) is 0 Å². The van der Waals surface area contributed by atoms with E-state index in [1.165, 1.54) is 0 Å². The molecule has 1 atom stereocenters. The zero-order valence-electron chi connectivity index (χ0n) is 12.4. The molecule has 1 rings (SSSR count). The fraction of sp³-hybridized carbons (Fsp3) is 0.562. The van der Waals surface area contributed by atoms with E-state index in [1.807, 2.05) is 38.1 Å². The summed E-state index contributed by atoms with van der Waals surface area (Å²) in [7, 11) is 0. The predicted molar refractivity (Wildman–Crippen MR) is 79.6 cm³/mol. The lowest BCUT2D eigenvalue weighted by Crippen LogP contribution is -2.06. The van der Waals surface area contributed by atoms with Gasteiger partial charge in [-0.25, -0.2) is 0 Å². The fourth-order valence-corrected chi connectivity index (χ4v) is 1.86. The molecule has 0 heterocycles. The summed E-state index contributed by atoms with van der Waals surface area (Å²) in [6, 6.07) is 7.88. The molecular weight excluding hydrogens is 254 g/mol. The maximum atomic E-state index is 11.1. The van der Waals surface area contributed by atoms with E-state index in [0.29, 0.717) is 19.6 Å². The van der Waals surface area contributed by atoms with Crippen molar-refractivity contribution in [2.24, 2.45) is 5.73 Å². The third-order valence-corrected chi connectivity index (χ3v) is 2.98. The number of hydrogen-bond acceptors (Lipinski definition) is 4. The minimum atomic E-state index is -0.113. The Balaban J connectivity index is 2.15. The second-order valence-corrected chi connectivity index (χ2v) is 4.83. The highest BCUT2D eigenvalue weighted by Crippen LogP contribution is 2.17. The first kappa shape index (κ1) is 16.5.